The number of hydrogen-bond acceptors (Lipinski definition) is 3. The van der Waals surface area contributed by atoms with E-state index in [9.17, 15) is 4.79 Å². The summed E-state index contributed by atoms with van der Waals surface area (Å²) in [5.41, 5.74) is 2.06. The monoisotopic (exact) mass is 411 g/mol. The van der Waals surface area contributed by atoms with Gasteiger partial charge < -0.3 is 0 Å². The second kappa shape index (κ2) is 9.23. The Morgan fingerprint density at radius 1 is 0.846 bits per heavy atom. The number of nitrogens with one attached hydrogen (secondary N) is 1. The van der Waals surface area contributed by atoms with Gasteiger partial charge >= 0.3 is 160 Å². The molecule has 3 rings (SSSR count). The summed E-state index contributed by atoms with van der Waals surface area (Å²) in [5, 5.41) is 3.55. The van der Waals surface area contributed by atoms with E-state index in [0.717, 1.165) is 11.3 Å². The van der Waals surface area contributed by atoms with E-state index in [1.165, 1.54) is 11.6 Å². The summed E-state index contributed by atoms with van der Waals surface area (Å²) in [7, 11) is 1.46. The van der Waals surface area contributed by atoms with Crippen LogP contribution in [0.3, 0.4) is 0 Å². The molecule has 0 aromatic heterocycles. The molecule has 3 aromatic carbocycles. The van der Waals surface area contributed by atoms with E-state index in [1.807, 2.05) is 66.7 Å². The maximum atomic E-state index is 12.7. The van der Waals surface area contributed by atoms with Gasteiger partial charge in [-0.05, 0) is 0 Å². The Labute approximate surface area is 160 Å². The summed E-state index contributed by atoms with van der Waals surface area (Å²) in [6.45, 7) is 0. The van der Waals surface area contributed by atoms with Gasteiger partial charge in [-0.15, -0.1) is 0 Å². The van der Waals surface area contributed by atoms with Gasteiger partial charge in [-0.1, -0.05) is 0 Å². The molecule has 3 nitrogen and oxygen atoms in total. The average molecular weight is 410 g/mol. The Kier molecular flexibility index (Phi) is 6.48. The number of methoxy groups -OCH3 is 1. The predicted octanol–water partition coefficient (Wildman–Crippen LogP) is 3.83. The van der Waals surface area contributed by atoms with Crippen molar-refractivity contribution >= 4 is 31.1 Å². The quantitative estimate of drug-likeness (QED) is 0.475. The van der Waals surface area contributed by atoms with Crippen LogP contribution in [0.5, 0.6) is 0 Å². The first-order chi connectivity index (χ1) is 12.8. The number of anilines is 1. The summed E-state index contributed by atoms with van der Waals surface area (Å²) < 4.78 is 6.33. The Hall–Kier alpha value is -2.55. The molecule has 0 saturated heterocycles. The Bertz CT molecular complexity index is 809. The molecule has 0 fully saturated rings. The number of para-hydroxylation sites is 1. The van der Waals surface area contributed by atoms with Gasteiger partial charge in [0.1, 0.15) is 0 Å². The molecule has 0 radical (unpaired) electrons. The first kappa shape index (κ1) is 18.2. The van der Waals surface area contributed by atoms with E-state index in [2.05, 4.69) is 29.6 Å². The van der Waals surface area contributed by atoms with Crippen LogP contribution >= 0.6 is 0 Å². The minimum atomic E-state index is -0.280. The van der Waals surface area contributed by atoms with Crippen molar-refractivity contribution in [2.24, 2.45) is 0 Å². The van der Waals surface area contributed by atoms with Crippen molar-refractivity contribution < 1.29 is 9.53 Å². The van der Waals surface area contributed by atoms with E-state index < -0.39 is 0 Å². The molecule has 26 heavy (non-hydrogen) atoms. The number of benzene rings is 3. The van der Waals surface area contributed by atoms with Crippen LogP contribution in [0.2, 0.25) is 4.82 Å². The molecule has 0 aliphatic heterocycles. The predicted molar refractivity (Wildman–Crippen MR) is 107 cm³/mol. The zero-order chi connectivity index (χ0) is 18.2. The summed E-state index contributed by atoms with van der Waals surface area (Å²) in [6.07, 6.45) is 0. The third kappa shape index (κ3) is 4.75. The molecule has 0 aliphatic rings. The van der Waals surface area contributed by atoms with Gasteiger partial charge in [0, 0.05) is 0 Å². The zero-order valence-corrected chi connectivity index (χ0v) is 16.3. The molecule has 0 unspecified atom stereocenters. The normalized spacial score (nSPS) is 12.8. The van der Waals surface area contributed by atoms with E-state index in [0.29, 0.717) is 0 Å². The van der Waals surface area contributed by atoms with Crippen LogP contribution in [-0.4, -0.2) is 28.0 Å². The van der Waals surface area contributed by atoms with Gasteiger partial charge in [-0.25, -0.2) is 0 Å². The molecule has 3 aromatic rings. The van der Waals surface area contributed by atoms with Crippen molar-refractivity contribution in [1.29, 1.82) is 0 Å². The first-order valence-electron chi connectivity index (χ1n) is 8.44. The summed E-state index contributed by atoms with van der Waals surface area (Å²) in [5.74, 6) is -0.189. The van der Waals surface area contributed by atoms with Crippen LogP contribution in [0.15, 0.2) is 91.0 Å². The first-order valence-corrected chi connectivity index (χ1v) is 10.3. The fraction of sp³-hybridized carbons (Fsp3) is 0.136. The standard InChI is InChI=1S/C22H21NO2Se/c1-25-22(24)21(26-19-15-9-4-10-16-19)20(17-11-5-2-6-12-17)23-18-13-7-3-8-14-18/h2-16,20-21,23H,1H3/t20-,21+/m0/s1. The number of carbonyl (C=O) groups excluding carboxylic acids is 1. The second-order valence-electron chi connectivity index (χ2n) is 5.77. The molecule has 0 aliphatic carbocycles. The van der Waals surface area contributed by atoms with Crippen LogP contribution in [0.25, 0.3) is 0 Å². The van der Waals surface area contributed by atoms with E-state index in [-0.39, 0.29) is 31.8 Å². The molecular formula is C22H21NO2Se. The van der Waals surface area contributed by atoms with Crippen LogP contribution in [0, 0.1) is 0 Å². The van der Waals surface area contributed by atoms with Gasteiger partial charge in [-0.3, -0.25) is 0 Å². The second-order valence-corrected chi connectivity index (χ2v) is 8.32. The molecule has 132 valence electrons. The number of carbonyl (C=O) groups is 1. The van der Waals surface area contributed by atoms with Crippen molar-refractivity contribution in [1.82, 2.24) is 0 Å². The van der Waals surface area contributed by atoms with Crippen molar-refractivity contribution in [2.45, 2.75) is 10.9 Å². The molecule has 0 spiro atoms. The summed E-state index contributed by atoms with van der Waals surface area (Å²) in [6, 6.07) is 30.1. The number of ether oxygens (including phenoxy) is 1. The van der Waals surface area contributed by atoms with E-state index in [4.69, 9.17) is 4.74 Å². The number of rotatable bonds is 7. The zero-order valence-electron chi connectivity index (χ0n) is 14.5. The summed E-state index contributed by atoms with van der Waals surface area (Å²) >= 11 is -0.0728. The average Bonchev–Trinajstić information content (AvgIpc) is 2.72. The van der Waals surface area contributed by atoms with E-state index in [1.54, 1.807) is 0 Å². The van der Waals surface area contributed by atoms with Crippen LogP contribution in [0.4, 0.5) is 5.69 Å². The Balaban J connectivity index is 1.96. The van der Waals surface area contributed by atoms with Gasteiger partial charge in [0.2, 0.25) is 0 Å². The van der Waals surface area contributed by atoms with Gasteiger partial charge in [0.25, 0.3) is 0 Å². The van der Waals surface area contributed by atoms with Crippen LogP contribution in [0.1, 0.15) is 11.6 Å². The fourth-order valence-corrected chi connectivity index (χ4v) is 5.16. The van der Waals surface area contributed by atoms with Gasteiger partial charge in [0.05, 0.1) is 0 Å². The van der Waals surface area contributed by atoms with Gasteiger partial charge in [0.15, 0.2) is 0 Å². The van der Waals surface area contributed by atoms with E-state index >= 15 is 0 Å². The van der Waals surface area contributed by atoms with Crippen molar-refractivity contribution in [2.75, 3.05) is 12.4 Å². The summed E-state index contributed by atoms with van der Waals surface area (Å²) in [4.78, 5) is 12.4. The topological polar surface area (TPSA) is 38.3 Å². The minimum absolute atomic E-state index is 0.0728. The van der Waals surface area contributed by atoms with Crippen LogP contribution < -0.4 is 9.78 Å². The third-order valence-electron chi connectivity index (χ3n) is 4.00. The Morgan fingerprint density at radius 3 is 1.96 bits per heavy atom. The molecule has 0 saturated carbocycles. The third-order valence-corrected chi connectivity index (χ3v) is 6.65. The SMILES string of the molecule is COC(=O)[C@H]([Se]c1ccccc1)[C@@H](Nc1ccccc1)c1ccccc1. The Morgan fingerprint density at radius 2 is 1.38 bits per heavy atom. The van der Waals surface area contributed by atoms with Crippen LogP contribution in [-0.2, 0) is 9.53 Å². The molecule has 0 bridgehead atoms. The number of hydrogen-bond donors (Lipinski definition) is 1. The molecule has 0 heterocycles. The molecule has 2 atom stereocenters. The maximum absolute atomic E-state index is 12.7. The van der Waals surface area contributed by atoms with Crippen molar-refractivity contribution in [3.05, 3.63) is 96.6 Å². The molecule has 1 N–H and O–H groups in total. The molecule has 4 heteroatoms. The molecular weight excluding hydrogens is 389 g/mol. The number of esters is 1. The van der Waals surface area contributed by atoms with Crippen molar-refractivity contribution in [3.8, 4) is 0 Å². The molecule has 0 amide bonds. The fourth-order valence-electron chi connectivity index (χ4n) is 2.72. The van der Waals surface area contributed by atoms with Gasteiger partial charge in [-0.2, -0.15) is 0 Å². The van der Waals surface area contributed by atoms with Crippen molar-refractivity contribution in [3.63, 3.8) is 0 Å².